The largest absolute Gasteiger partial charge is 0.392 e. The van der Waals surface area contributed by atoms with E-state index >= 15 is 0 Å². The second kappa shape index (κ2) is 9.85. The van der Waals surface area contributed by atoms with Crippen LogP contribution in [0.4, 0.5) is 0 Å². The molecule has 0 rings (SSSR count). The van der Waals surface area contributed by atoms with Gasteiger partial charge in [-0.15, -0.1) is 0 Å². The zero-order chi connectivity index (χ0) is 10.8. The number of hydrogen-bond donors (Lipinski definition) is 1. The van der Waals surface area contributed by atoms with Gasteiger partial charge in [-0.1, -0.05) is 46.5 Å². The Morgan fingerprint density at radius 2 is 1.93 bits per heavy atom. The summed E-state index contributed by atoms with van der Waals surface area (Å²) in [5.74, 6) is 2.77. The standard InChI is InChI=1S/C12H26OS/c1-4-7-8-11(5-2)9-12(13)10-14-6-3/h11-13H,4-10H2,1-3H3. The molecule has 86 valence electrons. The van der Waals surface area contributed by atoms with E-state index in [1.165, 1.54) is 25.7 Å². The van der Waals surface area contributed by atoms with Gasteiger partial charge >= 0.3 is 0 Å². The molecule has 0 bridgehead atoms. The van der Waals surface area contributed by atoms with Crippen molar-refractivity contribution in [3.8, 4) is 0 Å². The van der Waals surface area contributed by atoms with E-state index in [0.29, 0.717) is 0 Å². The maximum atomic E-state index is 9.76. The summed E-state index contributed by atoms with van der Waals surface area (Å²) in [7, 11) is 0. The summed E-state index contributed by atoms with van der Waals surface area (Å²) < 4.78 is 0. The maximum absolute atomic E-state index is 9.76. The molecule has 0 spiro atoms. The minimum Gasteiger partial charge on any atom is -0.392 e. The van der Waals surface area contributed by atoms with Crippen molar-refractivity contribution < 1.29 is 5.11 Å². The summed E-state index contributed by atoms with van der Waals surface area (Å²) in [6.07, 6.45) is 6.02. The first-order valence-electron chi connectivity index (χ1n) is 6.00. The molecule has 2 heteroatoms. The Morgan fingerprint density at radius 1 is 1.21 bits per heavy atom. The van der Waals surface area contributed by atoms with Crippen molar-refractivity contribution in [1.82, 2.24) is 0 Å². The molecule has 0 radical (unpaired) electrons. The van der Waals surface area contributed by atoms with Crippen LogP contribution in [0.3, 0.4) is 0 Å². The molecule has 0 aromatic carbocycles. The number of aliphatic hydroxyl groups excluding tert-OH is 1. The van der Waals surface area contributed by atoms with Crippen molar-refractivity contribution in [1.29, 1.82) is 0 Å². The van der Waals surface area contributed by atoms with Crippen molar-refractivity contribution in [3.05, 3.63) is 0 Å². The fourth-order valence-corrected chi connectivity index (χ4v) is 2.33. The molecular weight excluding hydrogens is 192 g/mol. The summed E-state index contributed by atoms with van der Waals surface area (Å²) in [5.41, 5.74) is 0. The zero-order valence-corrected chi connectivity index (χ0v) is 10.8. The summed E-state index contributed by atoms with van der Waals surface area (Å²) in [6, 6.07) is 0. The van der Waals surface area contributed by atoms with Gasteiger partial charge in [0.05, 0.1) is 6.10 Å². The Balaban J connectivity index is 3.57. The highest BCUT2D eigenvalue weighted by Crippen LogP contribution is 2.20. The molecule has 0 aliphatic heterocycles. The fourth-order valence-electron chi connectivity index (χ4n) is 1.69. The third-order valence-corrected chi connectivity index (χ3v) is 3.69. The van der Waals surface area contributed by atoms with Gasteiger partial charge in [-0.3, -0.25) is 0 Å². The van der Waals surface area contributed by atoms with Gasteiger partial charge in [-0.2, -0.15) is 11.8 Å². The van der Waals surface area contributed by atoms with E-state index in [-0.39, 0.29) is 6.10 Å². The average Bonchev–Trinajstić information content (AvgIpc) is 2.21. The Bertz CT molecular complexity index is 117. The van der Waals surface area contributed by atoms with E-state index < -0.39 is 0 Å². The number of thioether (sulfide) groups is 1. The van der Waals surface area contributed by atoms with E-state index in [1.807, 2.05) is 11.8 Å². The van der Waals surface area contributed by atoms with E-state index in [0.717, 1.165) is 23.8 Å². The normalized spacial score (nSPS) is 15.4. The van der Waals surface area contributed by atoms with Gasteiger partial charge in [0.2, 0.25) is 0 Å². The van der Waals surface area contributed by atoms with Gasteiger partial charge < -0.3 is 5.11 Å². The number of unbranched alkanes of at least 4 members (excludes halogenated alkanes) is 1. The van der Waals surface area contributed by atoms with Gasteiger partial charge in [-0.25, -0.2) is 0 Å². The van der Waals surface area contributed by atoms with Crippen LogP contribution in [-0.2, 0) is 0 Å². The summed E-state index contributed by atoms with van der Waals surface area (Å²) in [5, 5.41) is 9.76. The molecule has 0 aromatic rings. The van der Waals surface area contributed by atoms with E-state index in [2.05, 4.69) is 20.8 Å². The second-order valence-electron chi connectivity index (χ2n) is 3.97. The van der Waals surface area contributed by atoms with Crippen molar-refractivity contribution in [2.75, 3.05) is 11.5 Å². The predicted octanol–water partition coefficient (Wildman–Crippen LogP) is 3.71. The molecule has 1 nitrogen and oxygen atoms in total. The van der Waals surface area contributed by atoms with Crippen molar-refractivity contribution in [2.45, 2.75) is 59.0 Å². The van der Waals surface area contributed by atoms with E-state index in [1.54, 1.807) is 0 Å². The van der Waals surface area contributed by atoms with Crippen LogP contribution in [0.2, 0.25) is 0 Å². The number of aliphatic hydroxyl groups is 1. The first-order chi connectivity index (χ1) is 6.74. The van der Waals surface area contributed by atoms with Gasteiger partial charge in [0, 0.05) is 5.75 Å². The van der Waals surface area contributed by atoms with Crippen LogP contribution in [0.25, 0.3) is 0 Å². The average molecular weight is 218 g/mol. The monoisotopic (exact) mass is 218 g/mol. The third kappa shape index (κ3) is 7.69. The van der Waals surface area contributed by atoms with E-state index in [4.69, 9.17) is 0 Å². The highest BCUT2D eigenvalue weighted by atomic mass is 32.2. The highest BCUT2D eigenvalue weighted by Gasteiger charge is 2.12. The molecule has 2 atom stereocenters. The van der Waals surface area contributed by atoms with Crippen molar-refractivity contribution in [2.24, 2.45) is 5.92 Å². The van der Waals surface area contributed by atoms with Crippen molar-refractivity contribution >= 4 is 11.8 Å². The third-order valence-electron chi connectivity index (χ3n) is 2.66. The van der Waals surface area contributed by atoms with Crippen LogP contribution in [0.15, 0.2) is 0 Å². The zero-order valence-electron chi connectivity index (χ0n) is 9.96. The maximum Gasteiger partial charge on any atom is 0.0633 e. The lowest BCUT2D eigenvalue weighted by Gasteiger charge is -2.18. The van der Waals surface area contributed by atoms with Gasteiger partial charge in [0.25, 0.3) is 0 Å². The molecule has 0 aliphatic carbocycles. The van der Waals surface area contributed by atoms with Crippen LogP contribution in [0.5, 0.6) is 0 Å². The topological polar surface area (TPSA) is 20.2 Å². The molecule has 0 saturated carbocycles. The molecule has 14 heavy (non-hydrogen) atoms. The Hall–Kier alpha value is 0.310. The first-order valence-corrected chi connectivity index (χ1v) is 7.15. The van der Waals surface area contributed by atoms with Crippen LogP contribution < -0.4 is 0 Å². The van der Waals surface area contributed by atoms with Crippen LogP contribution in [-0.4, -0.2) is 22.7 Å². The van der Waals surface area contributed by atoms with E-state index in [9.17, 15) is 5.11 Å². The highest BCUT2D eigenvalue weighted by molar-refractivity contribution is 7.99. The molecule has 0 aromatic heterocycles. The predicted molar refractivity (Wildman–Crippen MR) is 66.9 cm³/mol. The number of rotatable bonds is 9. The molecule has 0 heterocycles. The second-order valence-corrected chi connectivity index (χ2v) is 5.28. The molecule has 1 N–H and O–H groups in total. The Labute approximate surface area is 93.7 Å². The SMILES string of the molecule is CCCCC(CC)CC(O)CSCC. The molecule has 0 amide bonds. The minimum atomic E-state index is -0.0817. The lowest BCUT2D eigenvalue weighted by molar-refractivity contribution is 0.159. The van der Waals surface area contributed by atoms with Crippen LogP contribution in [0, 0.1) is 5.92 Å². The summed E-state index contributed by atoms with van der Waals surface area (Å²) >= 11 is 1.84. The van der Waals surface area contributed by atoms with Gasteiger partial charge in [-0.05, 0) is 18.1 Å². The molecular formula is C12H26OS. The summed E-state index contributed by atoms with van der Waals surface area (Å²) in [6.45, 7) is 6.61. The minimum absolute atomic E-state index is 0.0817. The summed E-state index contributed by atoms with van der Waals surface area (Å²) in [4.78, 5) is 0. The molecule has 0 fully saturated rings. The van der Waals surface area contributed by atoms with Gasteiger partial charge in [0.15, 0.2) is 0 Å². The smallest absolute Gasteiger partial charge is 0.0633 e. The lowest BCUT2D eigenvalue weighted by Crippen LogP contribution is -2.16. The van der Waals surface area contributed by atoms with Gasteiger partial charge in [0.1, 0.15) is 0 Å². The number of hydrogen-bond acceptors (Lipinski definition) is 2. The Kier molecular flexibility index (Phi) is 10.1. The molecule has 0 saturated heterocycles. The quantitative estimate of drug-likeness (QED) is 0.636. The van der Waals surface area contributed by atoms with Crippen LogP contribution >= 0.6 is 11.8 Å². The molecule has 0 aliphatic rings. The fraction of sp³-hybridized carbons (Fsp3) is 1.00. The Morgan fingerprint density at radius 3 is 2.43 bits per heavy atom. The van der Waals surface area contributed by atoms with Crippen LogP contribution in [0.1, 0.15) is 52.9 Å². The first kappa shape index (κ1) is 14.3. The lowest BCUT2D eigenvalue weighted by atomic mass is 9.94. The molecule has 2 unspecified atom stereocenters. The van der Waals surface area contributed by atoms with Crippen molar-refractivity contribution in [3.63, 3.8) is 0 Å².